The predicted octanol–water partition coefficient (Wildman–Crippen LogP) is 4.58. The molecule has 7 nitrogen and oxygen atoms in total. The highest BCUT2D eigenvalue weighted by atomic mass is 32.1. The minimum atomic E-state index is -0.654. The Morgan fingerprint density at radius 1 is 1.28 bits per heavy atom. The summed E-state index contributed by atoms with van der Waals surface area (Å²) in [6.07, 6.45) is -0.408. The zero-order valence-corrected chi connectivity index (χ0v) is 17.6. The van der Waals surface area contributed by atoms with Crippen molar-refractivity contribution >= 4 is 34.4 Å². The molecule has 1 aromatic carbocycles. The van der Waals surface area contributed by atoms with Crippen molar-refractivity contribution in [3.8, 4) is 10.7 Å². The smallest absolute Gasteiger partial charge is 0.410 e. The number of ether oxygens (including phenoxy) is 2. The van der Waals surface area contributed by atoms with Crippen molar-refractivity contribution in [2.45, 2.75) is 32.9 Å². The summed E-state index contributed by atoms with van der Waals surface area (Å²) < 4.78 is 23.9. The van der Waals surface area contributed by atoms with Gasteiger partial charge in [0.25, 0.3) is 0 Å². The number of halogens is 1. The number of rotatable bonds is 4. The number of thiophene rings is 1. The molecule has 0 radical (unpaired) electrons. The van der Waals surface area contributed by atoms with Gasteiger partial charge in [-0.1, -0.05) is 0 Å². The molecule has 29 heavy (non-hydrogen) atoms. The maximum atomic E-state index is 13.8. The third kappa shape index (κ3) is 4.73. The number of hydrogen-bond donors (Lipinski definition) is 1. The number of H-pyrrole nitrogens is 1. The molecular weight excluding hydrogens is 397 g/mol. The second-order valence-electron chi connectivity index (χ2n) is 7.53. The van der Waals surface area contributed by atoms with Crippen molar-refractivity contribution in [3.05, 3.63) is 40.5 Å². The fourth-order valence-electron chi connectivity index (χ4n) is 2.69. The molecule has 9 heteroatoms. The van der Waals surface area contributed by atoms with E-state index in [1.54, 1.807) is 7.05 Å². The first-order valence-electron chi connectivity index (χ1n) is 8.88. The second-order valence-corrected chi connectivity index (χ2v) is 8.70. The molecule has 0 spiro atoms. The number of imidazole rings is 1. The summed E-state index contributed by atoms with van der Waals surface area (Å²) in [5.41, 5.74) is 0.245. The van der Waals surface area contributed by atoms with Crippen LogP contribution < -0.4 is 0 Å². The lowest BCUT2D eigenvalue weighted by Crippen LogP contribution is -2.33. The summed E-state index contributed by atoms with van der Waals surface area (Å²) in [6, 6.07) is 6.13. The molecule has 0 fully saturated rings. The van der Waals surface area contributed by atoms with E-state index in [0.717, 1.165) is 15.8 Å². The fourth-order valence-corrected chi connectivity index (χ4v) is 3.70. The molecule has 0 saturated heterocycles. The van der Waals surface area contributed by atoms with E-state index in [-0.39, 0.29) is 5.56 Å². The van der Waals surface area contributed by atoms with Crippen molar-refractivity contribution in [2.75, 3.05) is 14.2 Å². The van der Waals surface area contributed by atoms with E-state index in [1.807, 2.05) is 32.9 Å². The Labute approximate surface area is 171 Å². The number of hydrogen-bond acceptors (Lipinski definition) is 6. The van der Waals surface area contributed by atoms with E-state index in [1.165, 1.54) is 29.4 Å². The molecule has 1 N–H and O–H groups in total. The van der Waals surface area contributed by atoms with Crippen LogP contribution >= 0.6 is 11.3 Å². The van der Waals surface area contributed by atoms with E-state index in [0.29, 0.717) is 23.4 Å². The van der Waals surface area contributed by atoms with Crippen LogP contribution in [0.25, 0.3) is 21.7 Å². The lowest BCUT2D eigenvalue weighted by molar-refractivity contribution is 0.0286. The van der Waals surface area contributed by atoms with Gasteiger partial charge in [0.05, 0.1) is 29.6 Å². The van der Waals surface area contributed by atoms with Gasteiger partial charge >= 0.3 is 12.1 Å². The highest BCUT2D eigenvalue weighted by Crippen LogP contribution is 2.30. The van der Waals surface area contributed by atoms with Crippen LogP contribution in [0.1, 0.15) is 36.0 Å². The van der Waals surface area contributed by atoms with Crippen LogP contribution in [0.3, 0.4) is 0 Å². The molecule has 0 saturated carbocycles. The quantitative estimate of drug-likeness (QED) is 0.626. The van der Waals surface area contributed by atoms with Gasteiger partial charge in [0.1, 0.15) is 22.8 Å². The Morgan fingerprint density at radius 3 is 2.66 bits per heavy atom. The van der Waals surface area contributed by atoms with Crippen LogP contribution in [0.5, 0.6) is 0 Å². The zero-order chi connectivity index (χ0) is 21.3. The van der Waals surface area contributed by atoms with Gasteiger partial charge in [0, 0.05) is 11.9 Å². The van der Waals surface area contributed by atoms with E-state index < -0.39 is 23.5 Å². The summed E-state index contributed by atoms with van der Waals surface area (Å²) in [5, 5.41) is 0. The van der Waals surface area contributed by atoms with Gasteiger partial charge < -0.3 is 19.4 Å². The minimum Gasteiger partial charge on any atom is -0.465 e. The third-order valence-electron chi connectivity index (χ3n) is 3.95. The topological polar surface area (TPSA) is 84.5 Å². The molecule has 0 unspecified atom stereocenters. The first-order chi connectivity index (χ1) is 13.6. The van der Waals surface area contributed by atoms with Crippen molar-refractivity contribution in [3.63, 3.8) is 0 Å². The lowest BCUT2D eigenvalue weighted by atomic mass is 10.2. The van der Waals surface area contributed by atoms with Gasteiger partial charge in [-0.2, -0.15) is 0 Å². The minimum absolute atomic E-state index is 0.0615. The zero-order valence-electron chi connectivity index (χ0n) is 16.8. The average molecular weight is 419 g/mol. The Morgan fingerprint density at radius 2 is 2.00 bits per heavy atom. The number of aromatic nitrogens is 2. The normalized spacial score (nSPS) is 11.5. The molecule has 0 aliphatic rings. The Bertz CT molecular complexity index is 1070. The lowest BCUT2D eigenvalue weighted by Gasteiger charge is -2.24. The molecule has 3 aromatic rings. The number of methoxy groups -OCH3 is 1. The molecule has 0 atom stereocenters. The van der Waals surface area contributed by atoms with Gasteiger partial charge in [0.2, 0.25) is 0 Å². The highest BCUT2D eigenvalue weighted by Gasteiger charge is 2.21. The standard InChI is InChI=1S/C20H22FN3O4S/c1-20(2,3)28-19(26)24(4)10-12-6-7-15(29-12)17-22-14-9-11(21)8-13(16(14)23-17)18(25)27-5/h6-9H,10H2,1-5H3,(H,22,23). The van der Waals surface area contributed by atoms with Crippen LogP contribution in [0, 0.1) is 5.82 Å². The van der Waals surface area contributed by atoms with Gasteiger partial charge in [-0.25, -0.2) is 19.0 Å². The number of amides is 1. The molecule has 154 valence electrons. The van der Waals surface area contributed by atoms with Crippen molar-refractivity contribution in [1.29, 1.82) is 0 Å². The Hall–Kier alpha value is -2.94. The van der Waals surface area contributed by atoms with Gasteiger partial charge in [-0.15, -0.1) is 11.3 Å². The molecule has 0 bridgehead atoms. The number of nitrogens with zero attached hydrogens (tertiary/aromatic N) is 2. The van der Waals surface area contributed by atoms with Crippen molar-refractivity contribution in [1.82, 2.24) is 14.9 Å². The summed E-state index contributed by atoms with van der Waals surface area (Å²) in [7, 11) is 2.90. The number of nitrogens with one attached hydrogen (secondary N) is 1. The maximum absolute atomic E-state index is 13.8. The molecule has 1 amide bonds. The number of benzene rings is 1. The molecular formula is C20H22FN3O4S. The SMILES string of the molecule is COC(=O)c1cc(F)cc2[nH]c(-c3ccc(CN(C)C(=O)OC(C)(C)C)s3)nc12. The van der Waals surface area contributed by atoms with E-state index in [9.17, 15) is 14.0 Å². The molecule has 2 heterocycles. The second kappa shape index (κ2) is 7.82. The average Bonchev–Trinajstić information content (AvgIpc) is 3.25. The first kappa shape index (κ1) is 20.8. The van der Waals surface area contributed by atoms with Crippen molar-refractivity contribution in [2.24, 2.45) is 0 Å². The maximum Gasteiger partial charge on any atom is 0.410 e. The molecule has 0 aliphatic carbocycles. The number of carbonyl (C=O) groups is 2. The monoisotopic (exact) mass is 419 g/mol. The highest BCUT2D eigenvalue weighted by molar-refractivity contribution is 7.15. The fraction of sp³-hybridized carbons (Fsp3) is 0.350. The Kier molecular flexibility index (Phi) is 5.61. The molecule has 3 rings (SSSR count). The number of aromatic amines is 1. The van der Waals surface area contributed by atoms with Crippen molar-refractivity contribution < 1.29 is 23.5 Å². The largest absolute Gasteiger partial charge is 0.465 e. The van der Waals surface area contributed by atoms with Crippen LogP contribution in [-0.4, -0.2) is 46.7 Å². The predicted molar refractivity (Wildman–Crippen MR) is 108 cm³/mol. The van der Waals surface area contributed by atoms with Gasteiger partial charge in [-0.3, -0.25) is 0 Å². The summed E-state index contributed by atoms with van der Waals surface area (Å²) >= 11 is 1.44. The number of fused-ring (bicyclic) bond motifs is 1. The number of esters is 1. The van der Waals surface area contributed by atoms with Crippen LogP contribution in [0.15, 0.2) is 24.3 Å². The Balaban J connectivity index is 1.84. The first-order valence-corrected chi connectivity index (χ1v) is 9.70. The number of carbonyl (C=O) groups excluding carboxylic acids is 2. The third-order valence-corrected chi connectivity index (χ3v) is 5.03. The van der Waals surface area contributed by atoms with Crippen LogP contribution in [0.4, 0.5) is 9.18 Å². The summed E-state index contributed by atoms with van der Waals surface area (Å²) in [4.78, 5) is 34.8. The molecule has 2 aromatic heterocycles. The van der Waals surface area contributed by atoms with Crippen LogP contribution in [0.2, 0.25) is 0 Å². The van der Waals surface area contributed by atoms with E-state index in [4.69, 9.17) is 9.47 Å². The van der Waals surface area contributed by atoms with E-state index in [2.05, 4.69) is 9.97 Å². The van der Waals surface area contributed by atoms with Crippen LogP contribution in [-0.2, 0) is 16.0 Å². The van der Waals surface area contributed by atoms with Gasteiger partial charge in [0.15, 0.2) is 0 Å². The summed E-state index contributed by atoms with van der Waals surface area (Å²) in [5.74, 6) is -0.704. The summed E-state index contributed by atoms with van der Waals surface area (Å²) in [6.45, 7) is 5.82. The van der Waals surface area contributed by atoms with Gasteiger partial charge in [-0.05, 0) is 45.0 Å². The van der Waals surface area contributed by atoms with E-state index >= 15 is 0 Å². The molecule has 0 aliphatic heterocycles.